The highest BCUT2D eigenvalue weighted by molar-refractivity contribution is 6.01. The molecule has 0 fully saturated rings. The first-order valence-corrected chi connectivity index (χ1v) is 6.01. The van der Waals surface area contributed by atoms with Crippen LogP contribution in [0.2, 0.25) is 0 Å². The highest BCUT2D eigenvalue weighted by Crippen LogP contribution is 2.28. The lowest BCUT2D eigenvalue weighted by Crippen LogP contribution is -2.39. The van der Waals surface area contributed by atoms with Gasteiger partial charge in [0, 0.05) is 0 Å². The lowest BCUT2D eigenvalue weighted by Gasteiger charge is -2.24. The predicted octanol–water partition coefficient (Wildman–Crippen LogP) is -1.36. The summed E-state index contributed by atoms with van der Waals surface area (Å²) in [6, 6.07) is 2.33. The van der Waals surface area contributed by atoms with Gasteiger partial charge in [0.05, 0.1) is 32.3 Å². The van der Waals surface area contributed by atoms with Crippen molar-refractivity contribution in [2.75, 3.05) is 27.9 Å². The molecule has 9 nitrogen and oxygen atoms in total. The van der Waals surface area contributed by atoms with Crippen molar-refractivity contribution >= 4 is 11.8 Å². The highest BCUT2D eigenvalue weighted by atomic mass is 16.5. The monoisotopic (exact) mass is 298 g/mol. The van der Waals surface area contributed by atoms with Crippen LogP contribution in [0.3, 0.4) is 0 Å². The highest BCUT2D eigenvalue weighted by Gasteiger charge is 2.21. The molecule has 0 unspecified atom stereocenters. The second-order valence-electron chi connectivity index (χ2n) is 5.38. The van der Waals surface area contributed by atoms with Gasteiger partial charge >= 0.3 is 0 Å². The van der Waals surface area contributed by atoms with Crippen LogP contribution < -0.4 is 27.3 Å². The number of hydrogen-bond acceptors (Lipinski definition) is 6. The Morgan fingerprint density at radius 3 is 2.14 bits per heavy atom. The number of hydrazine groups is 2. The van der Waals surface area contributed by atoms with Crippen molar-refractivity contribution in [2.24, 2.45) is 11.7 Å². The molecule has 1 aromatic rings. The van der Waals surface area contributed by atoms with E-state index in [9.17, 15) is 14.7 Å². The van der Waals surface area contributed by atoms with Crippen molar-refractivity contribution in [3.63, 3.8) is 0 Å². The molecule has 1 rings (SSSR count). The van der Waals surface area contributed by atoms with Gasteiger partial charge in [0.15, 0.2) is 0 Å². The van der Waals surface area contributed by atoms with Gasteiger partial charge in [-0.3, -0.25) is 24.9 Å². The minimum Gasteiger partial charge on any atom is -0.507 e. The van der Waals surface area contributed by atoms with Gasteiger partial charge in [-0.1, -0.05) is 0 Å². The number of nitrogen functional groups attached to an aromatic ring is 2. The van der Waals surface area contributed by atoms with Crippen LogP contribution in [-0.2, 0) is 0 Å². The summed E-state index contributed by atoms with van der Waals surface area (Å²) in [7, 11) is 5.66. The Labute approximate surface area is 122 Å². The van der Waals surface area contributed by atoms with Gasteiger partial charge < -0.3 is 9.84 Å². The van der Waals surface area contributed by atoms with E-state index >= 15 is 0 Å². The quantitative estimate of drug-likeness (QED) is 0.150. The Hall–Kier alpha value is -2.36. The number of hydrogen-bond donors (Lipinski definition) is 5. The molecule has 2 amide bonds. The zero-order chi connectivity index (χ0) is 16.2. The number of quaternary nitrogens is 1. The SMILES string of the molecule is C[N+](C)(C)COc1cc(C(=O)NN)c(O)cc1C(=O)NN. The Bertz CT molecular complexity index is 553. The molecule has 0 atom stereocenters. The molecule has 0 bridgehead atoms. The van der Waals surface area contributed by atoms with E-state index in [0.717, 1.165) is 6.07 Å². The predicted molar refractivity (Wildman–Crippen MR) is 74.9 cm³/mol. The number of amides is 2. The number of ether oxygens (including phenoxy) is 1. The third-order valence-corrected chi connectivity index (χ3v) is 2.46. The molecule has 0 spiro atoms. The van der Waals surface area contributed by atoms with E-state index in [1.165, 1.54) is 6.07 Å². The van der Waals surface area contributed by atoms with Crippen molar-refractivity contribution in [3.05, 3.63) is 23.3 Å². The maximum absolute atomic E-state index is 11.7. The summed E-state index contributed by atoms with van der Waals surface area (Å²) in [6.45, 7) is 0.235. The third-order valence-electron chi connectivity index (χ3n) is 2.46. The summed E-state index contributed by atoms with van der Waals surface area (Å²) in [5.41, 5.74) is 3.75. The standard InChI is InChI=1S/C12H19N5O4/c1-17(2,3)6-21-10-5-7(11(19)15-13)9(18)4-8(10)12(20)16-14/h4-5H,6H2,1-3H3,(H6-,13,14,15,16,18,19,20)/p+1. The fraction of sp³-hybridized carbons (Fsp3) is 0.333. The topological polar surface area (TPSA) is 140 Å². The molecule has 0 aliphatic heterocycles. The van der Waals surface area contributed by atoms with E-state index in [0.29, 0.717) is 4.48 Å². The molecule has 0 heterocycles. The van der Waals surface area contributed by atoms with Gasteiger partial charge in [-0.05, 0) is 12.1 Å². The number of rotatable bonds is 5. The van der Waals surface area contributed by atoms with E-state index < -0.39 is 17.6 Å². The lowest BCUT2D eigenvalue weighted by atomic mass is 10.1. The molecule has 1 aromatic carbocycles. The average Bonchev–Trinajstić information content (AvgIpc) is 2.42. The molecule has 116 valence electrons. The van der Waals surface area contributed by atoms with Crippen LogP contribution in [0.1, 0.15) is 20.7 Å². The summed E-state index contributed by atoms with van der Waals surface area (Å²) in [4.78, 5) is 23.3. The molecule has 0 saturated carbocycles. The fourth-order valence-electron chi connectivity index (χ4n) is 1.47. The number of carbonyl (C=O) groups excluding carboxylic acids is 2. The Morgan fingerprint density at radius 1 is 1.14 bits per heavy atom. The molecule has 7 N–H and O–H groups in total. The maximum atomic E-state index is 11.7. The first-order chi connectivity index (χ1) is 9.69. The van der Waals surface area contributed by atoms with Gasteiger partial charge in [-0.2, -0.15) is 0 Å². The van der Waals surface area contributed by atoms with Crippen molar-refractivity contribution in [3.8, 4) is 11.5 Å². The number of carbonyl (C=O) groups is 2. The van der Waals surface area contributed by atoms with Gasteiger partial charge in [-0.15, -0.1) is 0 Å². The minimum absolute atomic E-state index is 0.0111. The fourth-order valence-corrected chi connectivity index (χ4v) is 1.47. The molecule has 0 aromatic heterocycles. The van der Waals surface area contributed by atoms with Crippen molar-refractivity contribution in [1.29, 1.82) is 0 Å². The summed E-state index contributed by atoms with van der Waals surface area (Å²) in [5.74, 6) is 8.47. The summed E-state index contributed by atoms with van der Waals surface area (Å²) in [5, 5.41) is 9.79. The van der Waals surface area contributed by atoms with Crippen molar-refractivity contribution in [2.45, 2.75) is 0 Å². The molecule has 0 saturated heterocycles. The third kappa shape index (κ3) is 4.31. The van der Waals surface area contributed by atoms with Crippen LogP contribution in [0.4, 0.5) is 0 Å². The largest absolute Gasteiger partial charge is 0.507 e. The van der Waals surface area contributed by atoms with Crippen molar-refractivity contribution < 1.29 is 23.9 Å². The molecule has 0 aliphatic carbocycles. The van der Waals surface area contributed by atoms with E-state index in [1.54, 1.807) is 0 Å². The molecule has 21 heavy (non-hydrogen) atoms. The van der Waals surface area contributed by atoms with Crippen LogP contribution in [0.15, 0.2) is 12.1 Å². The molecular formula is C12H20N5O4+. The number of nitrogens with zero attached hydrogens (tertiary/aromatic N) is 1. The molecule has 9 heteroatoms. The first-order valence-electron chi connectivity index (χ1n) is 6.01. The number of aromatic hydroxyl groups is 1. The Morgan fingerprint density at radius 2 is 1.67 bits per heavy atom. The minimum atomic E-state index is -0.706. The number of phenols is 1. The lowest BCUT2D eigenvalue weighted by molar-refractivity contribution is -0.886. The average molecular weight is 298 g/mol. The Kier molecular flexibility index (Phi) is 5.08. The van der Waals surface area contributed by atoms with Gasteiger partial charge in [-0.25, -0.2) is 11.7 Å². The maximum Gasteiger partial charge on any atom is 0.269 e. The first kappa shape index (κ1) is 16.7. The summed E-state index contributed by atoms with van der Waals surface area (Å²) >= 11 is 0. The summed E-state index contributed by atoms with van der Waals surface area (Å²) in [6.07, 6.45) is 0. The van der Waals surface area contributed by atoms with Gasteiger partial charge in [0.1, 0.15) is 11.5 Å². The molecule has 0 aliphatic rings. The Balaban J connectivity index is 3.27. The summed E-state index contributed by atoms with van der Waals surface area (Å²) < 4.78 is 6.00. The number of benzene rings is 1. The second kappa shape index (κ2) is 6.39. The van der Waals surface area contributed by atoms with Crippen LogP contribution >= 0.6 is 0 Å². The zero-order valence-corrected chi connectivity index (χ0v) is 12.1. The second-order valence-corrected chi connectivity index (χ2v) is 5.38. The number of phenolic OH excluding ortho intramolecular Hbond substituents is 1. The van der Waals surface area contributed by atoms with E-state index in [4.69, 9.17) is 16.4 Å². The van der Waals surface area contributed by atoms with Crippen LogP contribution in [0.25, 0.3) is 0 Å². The number of nitrogens with two attached hydrogens (primary N) is 2. The molecular weight excluding hydrogens is 278 g/mol. The van der Waals surface area contributed by atoms with Crippen LogP contribution in [0, 0.1) is 0 Å². The van der Waals surface area contributed by atoms with Gasteiger partial charge in [0.2, 0.25) is 6.73 Å². The zero-order valence-electron chi connectivity index (χ0n) is 12.1. The van der Waals surface area contributed by atoms with E-state index in [-0.39, 0.29) is 23.6 Å². The van der Waals surface area contributed by atoms with E-state index in [2.05, 4.69) is 0 Å². The smallest absolute Gasteiger partial charge is 0.269 e. The van der Waals surface area contributed by atoms with Gasteiger partial charge in [0.25, 0.3) is 11.8 Å². The van der Waals surface area contributed by atoms with E-state index in [1.807, 2.05) is 32.0 Å². The van der Waals surface area contributed by atoms with Crippen LogP contribution in [-0.4, -0.2) is 49.3 Å². The van der Waals surface area contributed by atoms with Crippen molar-refractivity contribution in [1.82, 2.24) is 10.9 Å². The number of nitrogens with one attached hydrogen (secondary N) is 2. The van der Waals surface area contributed by atoms with Crippen LogP contribution in [0.5, 0.6) is 11.5 Å². The molecule has 0 radical (unpaired) electrons. The normalized spacial score (nSPS) is 10.9.